The van der Waals surface area contributed by atoms with Crippen LogP contribution in [-0.2, 0) is 0 Å². The van der Waals surface area contributed by atoms with Gasteiger partial charge in [0.25, 0.3) is 0 Å². The van der Waals surface area contributed by atoms with Gasteiger partial charge in [-0.3, -0.25) is 0 Å². The van der Waals surface area contributed by atoms with Gasteiger partial charge in [0.1, 0.15) is 23.0 Å². The molecule has 2 aliphatic heterocycles. The lowest BCUT2D eigenvalue weighted by Crippen LogP contribution is -2.33. The minimum Gasteiger partial charge on any atom is -0.497 e. The molecule has 31 heavy (non-hydrogen) atoms. The van der Waals surface area contributed by atoms with Crippen LogP contribution in [0.25, 0.3) is 0 Å². The minimum absolute atomic E-state index is 0.0483. The van der Waals surface area contributed by atoms with Crippen LogP contribution in [0.3, 0.4) is 0 Å². The zero-order valence-corrected chi connectivity index (χ0v) is 17.7. The zero-order valence-electron chi connectivity index (χ0n) is 17.7. The maximum atomic E-state index is 6.44. The highest BCUT2D eigenvalue weighted by Crippen LogP contribution is 2.48. The SMILES string of the molecule is COc1ccc(C2=NN3[C@H](C2)c2cc(OC)ccc2O[C@@H]3c2cccc(OC)c2)cc1. The van der Waals surface area contributed by atoms with Gasteiger partial charge in [-0.25, -0.2) is 5.01 Å². The van der Waals surface area contributed by atoms with Crippen LogP contribution in [0.2, 0.25) is 0 Å². The molecule has 158 valence electrons. The van der Waals surface area contributed by atoms with E-state index in [1.165, 1.54) is 0 Å². The number of ether oxygens (including phenoxy) is 4. The summed E-state index contributed by atoms with van der Waals surface area (Å²) in [7, 11) is 5.01. The lowest BCUT2D eigenvalue weighted by Gasteiger charge is -2.38. The average molecular weight is 416 g/mol. The van der Waals surface area contributed by atoms with Gasteiger partial charge in [-0.2, -0.15) is 5.10 Å². The number of methoxy groups -OCH3 is 3. The molecular formula is C25H24N2O4. The van der Waals surface area contributed by atoms with Crippen molar-refractivity contribution < 1.29 is 18.9 Å². The summed E-state index contributed by atoms with van der Waals surface area (Å²) in [5.74, 6) is 3.27. The second-order valence-electron chi connectivity index (χ2n) is 7.53. The molecule has 0 aliphatic carbocycles. The van der Waals surface area contributed by atoms with Crippen LogP contribution >= 0.6 is 0 Å². The highest BCUT2D eigenvalue weighted by atomic mass is 16.5. The van der Waals surface area contributed by atoms with Crippen molar-refractivity contribution in [3.05, 3.63) is 83.4 Å². The average Bonchev–Trinajstić information content (AvgIpc) is 3.29. The van der Waals surface area contributed by atoms with Crippen LogP contribution < -0.4 is 18.9 Å². The van der Waals surface area contributed by atoms with Crippen molar-refractivity contribution in [2.75, 3.05) is 21.3 Å². The van der Waals surface area contributed by atoms with Crippen molar-refractivity contribution in [1.82, 2.24) is 5.01 Å². The molecule has 6 nitrogen and oxygen atoms in total. The zero-order chi connectivity index (χ0) is 21.4. The molecular weight excluding hydrogens is 392 g/mol. The molecule has 2 aliphatic rings. The number of rotatable bonds is 5. The third-order valence-electron chi connectivity index (χ3n) is 5.80. The first-order chi connectivity index (χ1) is 15.2. The standard InChI is InChI=1S/C25H24N2O4/c1-28-18-9-7-16(8-10-18)22-15-23-21-14-20(30-3)11-12-24(21)31-25(27(23)26-22)17-5-4-6-19(13-17)29-2/h4-14,23,25H,15H2,1-3H3/t23-,25-/m1/s1. The van der Waals surface area contributed by atoms with Gasteiger partial charge in [0, 0.05) is 17.5 Å². The molecule has 0 amide bonds. The third-order valence-corrected chi connectivity index (χ3v) is 5.80. The Morgan fingerprint density at radius 3 is 2.29 bits per heavy atom. The molecule has 0 N–H and O–H groups in total. The molecule has 3 aromatic carbocycles. The second kappa shape index (κ2) is 7.87. The number of hydrazone groups is 1. The van der Waals surface area contributed by atoms with Gasteiger partial charge in [0.2, 0.25) is 6.23 Å². The highest BCUT2D eigenvalue weighted by Gasteiger charge is 2.41. The first-order valence-electron chi connectivity index (χ1n) is 10.2. The van der Waals surface area contributed by atoms with E-state index in [9.17, 15) is 0 Å². The normalized spacial score (nSPS) is 19.1. The van der Waals surface area contributed by atoms with Crippen LogP contribution in [0.4, 0.5) is 0 Å². The molecule has 0 saturated heterocycles. The van der Waals surface area contributed by atoms with Crippen molar-refractivity contribution in [1.29, 1.82) is 0 Å². The summed E-state index contributed by atoms with van der Waals surface area (Å²) in [5.41, 5.74) is 4.15. The smallest absolute Gasteiger partial charge is 0.214 e. The number of benzene rings is 3. The lowest BCUT2D eigenvalue weighted by atomic mass is 9.95. The Kier molecular flexibility index (Phi) is 4.90. The Morgan fingerprint density at radius 1 is 0.839 bits per heavy atom. The molecule has 3 aromatic rings. The largest absolute Gasteiger partial charge is 0.497 e. The molecule has 0 fully saturated rings. The molecule has 0 bridgehead atoms. The number of nitrogens with zero attached hydrogens (tertiary/aromatic N) is 2. The first-order valence-corrected chi connectivity index (χ1v) is 10.2. The van der Waals surface area contributed by atoms with Gasteiger partial charge in [-0.15, -0.1) is 0 Å². The number of hydrogen-bond acceptors (Lipinski definition) is 6. The van der Waals surface area contributed by atoms with Crippen LogP contribution in [0, 0.1) is 0 Å². The van der Waals surface area contributed by atoms with E-state index < -0.39 is 0 Å². The van der Waals surface area contributed by atoms with E-state index in [2.05, 4.69) is 5.01 Å². The quantitative estimate of drug-likeness (QED) is 0.589. The first kappa shape index (κ1) is 19.3. The van der Waals surface area contributed by atoms with Crippen molar-refractivity contribution >= 4 is 5.71 Å². The Labute approximate surface area is 181 Å². The summed E-state index contributed by atoms with van der Waals surface area (Å²) in [5, 5.41) is 7.06. The molecule has 0 radical (unpaired) electrons. The van der Waals surface area contributed by atoms with E-state index in [4.69, 9.17) is 24.0 Å². The van der Waals surface area contributed by atoms with Gasteiger partial charge in [0.15, 0.2) is 0 Å². The van der Waals surface area contributed by atoms with E-state index in [1.54, 1.807) is 21.3 Å². The summed E-state index contributed by atoms with van der Waals surface area (Å²) < 4.78 is 22.6. The molecule has 6 heteroatoms. The molecule has 2 atom stereocenters. The lowest BCUT2D eigenvalue weighted by molar-refractivity contribution is -0.0192. The highest BCUT2D eigenvalue weighted by molar-refractivity contribution is 6.02. The van der Waals surface area contributed by atoms with Crippen molar-refractivity contribution in [3.8, 4) is 23.0 Å². The van der Waals surface area contributed by atoms with E-state index in [-0.39, 0.29) is 12.3 Å². The van der Waals surface area contributed by atoms with Crippen molar-refractivity contribution in [3.63, 3.8) is 0 Å². The Bertz CT molecular complexity index is 1130. The van der Waals surface area contributed by atoms with Crippen LogP contribution in [0.1, 0.15) is 35.4 Å². The molecule has 0 aromatic heterocycles. The fraction of sp³-hybridized carbons (Fsp3) is 0.240. The van der Waals surface area contributed by atoms with Crippen LogP contribution in [0.15, 0.2) is 71.8 Å². The summed E-state index contributed by atoms with van der Waals surface area (Å²) in [6, 6.07) is 21.9. The van der Waals surface area contributed by atoms with Gasteiger partial charge in [-0.05, 0) is 60.2 Å². The third kappa shape index (κ3) is 3.44. The minimum atomic E-state index is -0.350. The number of fused-ring (bicyclic) bond motifs is 3. The molecule has 5 rings (SSSR count). The summed E-state index contributed by atoms with van der Waals surface area (Å²) in [6.45, 7) is 0. The van der Waals surface area contributed by atoms with E-state index >= 15 is 0 Å². The monoisotopic (exact) mass is 416 g/mol. The maximum Gasteiger partial charge on any atom is 0.214 e. The molecule has 0 saturated carbocycles. The molecule has 2 heterocycles. The predicted molar refractivity (Wildman–Crippen MR) is 118 cm³/mol. The second-order valence-corrected chi connectivity index (χ2v) is 7.53. The maximum absolute atomic E-state index is 6.44. The summed E-state index contributed by atoms with van der Waals surface area (Å²) in [6.07, 6.45) is 0.424. The Balaban J connectivity index is 1.58. The Hall–Kier alpha value is -3.67. The van der Waals surface area contributed by atoms with E-state index in [1.807, 2.05) is 66.7 Å². The topological polar surface area (TPSA) is 52.5 Å². The van der Waals surface area contributed by atoms with Crippen LogP contribution in [-0.4, -0.2) is 32.0 Å². The predicted octanol–water partition coefficient (Wildman–Crippen LogP) is 4.95. The van der Waals surface area contributed by atoms with E-state index in [0.29, 0.717) is 0 Å². The molecule has 0 unspecified atom stereocenters. The fourth-order valence-corrected chi connectivity index (χ4v) is 4.17. The van der Waals surface area contributed by atoms with E-state index in [0.717, 1.165) is 51.8 Å². The molecule has 0 spiro atoms. The summed E-state index contributed by atoms with van der Waals surface area (Å²) in [4.78, 5) is 0. The van der Waals surface area contributed by atoms with Gasteiger partial charge < -0.3 is 18.9 Å². The summed E-state index contributed by atoms with van der Waals surface area (Å²) >= 11 is 0. The Morgan fingerprint density at radius 2 is 1.55 bits per heavy atom. The van der Waals surface area contributed by atoms with Crippen molar-refractivity contribution in [2.24, 2.45) is 5.10 Å². The van der Waals surface area contributed by atoms with Crippen LogP contribution in [0.5, 0.6) is 23.0 Å². The fourth-order valence-electron chi connectivity index (χ4n) is 4.17. The van der Waals surface area contributed by atoms with Crippen molar-refractivity contribution in [2.45, 2.75) is 18.7 Å². The van der Waals surface area contributed by atoms with Gasteiger partial charge in [-0.1, -0.05) is 12.1 Å². The van der Waals surface area contributed by atoms with Gasteiger partial charge in [0.05, 0.1) is 33.1 Å². The number of hydrogen-bond donors (Lipinski definition) is 0. The van der Waals surface area contributed by atoms with Gasteiger partial charge >= 0.3 is 0 Å².